The molecule has 1 aromatic rings. The van der Waals surface area contributed by atoms with E-state index in [9.17, 15) is 14.9 Å². The van der Waals surface area contributed by atoms with Gasteiger partial charge in [-0.3, -0.25) is 10.1 Å². The van der Waals surface area contributed by atoms with Gasteiger partial charge in [0.2, 0.25) is 5.82 Å². The average molecular weight is 374 g/mol. The van der Waals surface area contributed by atoms with Crippen molar-refractivity contribution in [1.29, 1.82) is 0 Å². The lowest BCUT2D eigenvalue weighted by Crippen LogP contribution is -2.53. The van der Waals surface area contributed by atoms with Crippen molar-refractivity contribution >= 4 is 39.2 Å². The number of nitro groups is 1. The maximum Gasteiger partial charge on any atom is 0.405 e. The van der Waals surface area contributed by atoms with Crippen LogP contribution in [0.25, 0.3) is 0 Å². The lowest BCUT2D eigenvalue weighted by Gasteiger charge is -2.39. The number of aromatic nitrogens is 1. The molecule has 0 atom stereocenters. The molecule has 1 fully saturated rings. The van der Waals surface area contributed by atoms with Crippen molar-refractivity contribution < 1.29 is 14.8 Å². The van der Waals surface area contributed by atoms with Crippen molar-refractivity contribution in [3.8, 4) is 0 Å². The fraction of sp³-hybridized carbons (Fsp3) is 0.500. The Balaban J connectivity index is 2.24. The van der Waals surface area contributed by atoms with E-state index in [1.165, 1.54) is 6.20 Å². The first-order valence-corrected chi connectivity index (χ1v) is 7.37. The van der Waals surface area contributed by atoms with Gasteiger partial charge in [-0.25, -0.2) is 9.78 Å². The maximum absolute atomic E-state index is 11.3. The molecule has 1 aromatic heterocycles. The molecule has 10 heteroatoms. The third-order valence-electron chi connectivity index (χ3n) is 3.78. The van der Waals surface area contributed by atoms with E-state index < -0.39 is 16.6 Å². The van der Waals surface area contributed by atoms with E-state index in [1.54, 1.807) is 4.90 Å². The average Bonchev–Trinajstić information content (AvgIpc) is 2.41. The van der Waals surface area contributed by atoms with Crippen LogP contribution in [0.5, 0.6) is 0 Å². The van der Waals surface area contributed by atoms with Crippen LogP contribution in [0.15, 0.2) is 10.7 Å². The molecule has 22 heavy (non-hydrogen) atoms. The first-order valence-electron chi connectivity index (χ1n) is 6.58. The summed E-state index contributed by atoms with van der Waals surface area (Å²) in [6.07, 6.45) is 1.40. The van der Waals surface area contributed by atoms with Gasteiger partial charge < -0.3 is 21.1 Å². The van der Waals surface area contributed by atoms with E-state index >= 15 is 0 Å². The van der Waals surface area contributed by atoms with Crippen LogP contribution in [0, 0.1) is 10.1 Å². The first-order chi connectivity index (χ1) is 10.2. The number of nitrogens with zero attached hydrogens (tertiary/aromatic N) is 3. The van der Waals surface area contributed by atoms with Gasteiger partial charge in [0.15, 0.2) is 0 Å². The summed E-state index contributed by atoms with van der Waals surface area (Å²) >= 11 is 3.13. The highest BCUT2D eigenvalue weighted by Crippen LogP contribution is 2.38. The van der Waals surface area contributed by atoms with Crippen LogP contribution in [0.2, 0.25) is 0 Å². The zero-order chi connectivity index (χ0) is 16.5. The van der Waals surface area contributed by atoms with Gasteiger partial charge in [-0.2, -0.15) is 0 Å². The zero-order valence-electron chi connectivity index (χ0n) is 11.9. The smallest absolute Gasteiger partial charge is 0.405 e. The third kappa shape index (κ3) is 3.21. The van der Waals surface area contributed by atoms with E-state index in [-0.39, 0.29) is 17.2 Å². The van der Waals surface area contributed by atoms with Crippen LogP contribution >= 0.6 is 15.9 Å². The second-order valence-electron chi connectivity index (χ2n) is 5.43. The number of nitrogens with one attached hydrogen (secondary N) is 1. The number of carbonyl (C=O) groups is 1. The van der Waals surface area contributed by atoms with Gasteiger partial charge in [0.1, 0.15) is 5.69 Å². The number of hydrogen-bond donors (Lipinski definition) is 3. The minimum absolute atomic E-state index is 0.0343. The molecule has 0 aliphatic carbocycles. The summed E-state index contributed by atoms with van der Waals surface area (Å²) < 4.78 is 0.373. The molecule has 0 spiro atoms. The number of pyridine rings is 1. The third-order valence-corrected chi connectivity index (χ3v) is 4.41. The fourth-order valence-electron chi connectivity index (χ4n) is 2.49. The van der Waals surface area contributed by atoms with E-state index in [0.717, 1.165) is 0 Å². The van der Waals surface area contributed by atoms with Gasteiger partial charge >= 0.3 is 11.8 Å². The molecule has 2 heterocycles. The summed E-state index contributed by atoms with van der Waals surface area (Å²) in [5, 5.41) is 22.6. The van der Waals surface area contributed by atoms with Crippen LogP contribution in [0.3, 0.4) is 0 Å². The molecule has 0 aromatic carbocycles. The molecule has 120 valence electrons. The molecule has 0 radical (unpaired) electrons. The van der Waals surface area contributed by atoms with Crippen LogP contribution in [0.1, 0.15) is 19.8 Å². The summed E-state index contributed by atoms with van der Waals surface area (Å²) in [6, 6.07) is 0. The molecule has 0 bridgehead atoms. The molecule has 0 unspecified atom stereocenters. The zero-order valence-corrected chi connectivity index (χ0v) is 13.5. The summed E-state index contributed by atoms with van der Waals surface area (Å²) in [7, 11) is 0. The Morgan fingerprint density at radius 3 is 2.68 bits per heavy atom. The van der Waals surface area contributed by atoms with Crippen molar-refractivity contribution in [3.05, 3.63) is 20.8 Å². The second-order valence-corrected chi connectivity index (χ2v) is 6.28. The number of hydrogen-bond acceptors (Lipinski definition) is 6. The molecule has 4 N–H and O–H groups in total. The molecular weight excluding hydrogens is 358 g/mol. The molecule has 2 rings (SSSR count). The highest BCUT2D eigenvalue weighted by atomic mass is 79.9. The van der Waals surface area contributed by atoms with E-state index in [2.05, 4.69) is 26.2 Å². The normalized spacial score (nSPS) is 17.1. The summed E-state index contributed by atoms with van der Waals surface area (Å²) in [4.78, 5) is 27.4. The fourth-order valence-corrected chi connectivity index (χ4v) is 2.78. The highest BCUT2D eigenvalue weighted by Gasteiger charge is 2.35. The van der Waals surface area contributed by atoms with Crippen molar-refractivity contribution in [2.24, 2.45) is 0 Å². The van der Waals surface area contributed by atoms with Gasteiger partial charge in [0.25, 0.3) is 0 Å². The van der Waals surface area contributed by atoms with E-state index in [1.807, 2.05) is 6.92 Å². The lowest BCUT2D eigenvalue weighted by molar-refractivity contribution is -0.383. The van der Waals surface area contributed by atoms with Crippen molar-refractivity contribution in [2.45, 2.75) is 25.3 Å². The van der Waals surface area contributed by atoms with Crippen molar-refractivity contribution in [3.63, 3.8) is 0 Å². The number of nitrogen functional groups attached to an aromatic ring is 1. The van der Waals surface area contributed by atoms with Crippen LogP contribution < -0.4 is 16.0 Å². The molecule has 1 amide bonds. The summed E-state index contributed by atoms with van der Waals surface area (Å²) in [5.41, 5.74) is 5.02. The monoisotopic (exact) mass is 373 g/mol. The van der Waals surface area contributed by atoms with Crippen molar-refractivity contribution in [1.82, 2.24) is 10.3 Å². The number of nitrogens with two attached hydrogens (primary N) is 1. The number of rotatable bonds is 3. The Morgan fingerprint density at radius 2 is 2.18 bits per heavy atom. The molecular formula is C12H16BrN5O4. The minimum atomic E-state index is -1.08. The molecule has 9 nitrogen and oxygen atoms in total. The van der Waals surface area contributed by atoms with Gasteiger partial charge in [-0.15, -0.1) is 0 Å². The summed E-state index contributed by atoms with van der Waals surface area (Å²) in [6.45, 7) is 2.72. The van der Waals surface area contributed by atoms with Crippen molar-refractivity contribution in [2.75, 3.05) is 23.7 Å². The predicted molar refractivity (Wildman–Crippen MR) is 84.0 cm³/mol. The van der Waals surface area contributed by atoms with Crippen LogP contribution in [-0.2, 0) is 0 Å². The van der Waals surface area contributed by atoms with Gasteiger partial charge in [0, 0.05) is 24.8 Å². The molecule has 1 aliphatic heterocycles. The molecule has 0 saturated carbocycles. The Kier molecular flexibility index (Phi) is 4.40. The number of carboxylic acid groups (broad SMARTS) is 1. The van der Waals surface area contributed by atoms with Crippen LogP contribution in [-0.4, -0.2) is 39.7 Å². The number of amides is 1. The van der Waals surface area contributed by atoms with Crippen LogP contribution in [0.4, 0.5) is 22.0 Å². The highest BCUT2D eigenvalue weighted by molar-refractivity contribution is 9.10. The standard InChI is InChI=1S/C12H16BrN5O4/c1-12(16-11(19)20)2-4-17(5-3-12)10-9(18(21)22)8(14)7(13)6-15-10/h6,16H,2-5H2,1H3,(H2,14,15)(H,19,20). The number of anilines is 2. The van der Waals surface area contributed by atoms with Gasteiger partial charge in [-0.1, -0.05) is 0 Å². The second kappa shape index (κ2) is 5.95. The predicted octanol–water partition coefficient (Wildman–Crippen LogP) is 1.96. The number of piperidine rings is 1. The molecule has 1 aliphatic rings. The largest absolute Gasteiger partial charge is 0.465 e. The number of halogens is 1. The maximum atomic E-state index is 11.3. The topological polar surface area (TPSA) is 135 Å². The Hall–Kier alpha value is -2.10. The SMILES string of the molecule is CC1(NC(=O)O)CCN(c2ncc(Br)c(N)c2[N+](=O)[O-])CC1. The Morgan fingerprint density at radius 1 is 1.59 bits per heavy atom. The quantitative estimate of drug-likeness (QED) is 0.544. The minimum Gasteiger partial charge on any atom is -0.465 e. The lowest BCUT2D eigenvalue weighted by atomic mass is 9.90. The molecule has 1 saturated heterocycles. The van der Waals surface area contributed by atoms with Gasteiger partial charge in [0.05, 0.1) is 9.40 Å². The van der Waals surface area contributed by atoms with Gasteiger partial charge in [-0.05, 0) is 35.7 Å². The van der Waals surface area contributed by atoms with E-state index in [0.29, 0.717) is 30.4 Å². The Bertz CT molecular complexity index is 616. The first kappa shape index (κ1) is 16.3. The summed E-state index contributed by atoms with van der Waals surface area (Å²) in [5.74, 6) is 0.211. The van der Waals surface area contributed by atoms with E-state index in [4.69, 9.17) is 10.8 Å². The Labute approximate surface area is 134 Å².